The number of carbonyl (C=O) groups is 2. The molecule has 10 nitrogen and oxygen atoms in total. The van der Waals surface area contributed by atoms with Crippen LogP contribution in [0.25, 0.3) is 0 Å². The molecule has 2 N–H and O–H groups in total. The van der Waals surface area contributed by atoms with E-state index in [1.165, 1.54) is 6.20 Å². The van der Waals surface area contributed by atoms with Gasteiger partial charge in [0.05, 0.1) is 16.9 Å². The molecule has 0 bridgehead atoms. The lowest BCUT2D eigenvalue weighted by molar-refractivity contribution is -0.694. The molecule has 0 aliphatic carbocycles. The summed E-state index contributed by atoms with van der Waals surface area (Å²) in [7, 11) is -3.84. The number of benzene rings is 2. The molecule has 1 aliphatic heterocycles. The first-order valence-electron chi connectivity index (χ1n) is 14.1. The van der Waals surface area contributed by atoms with Crippen molar-refractivity contribution in [1.82, 2.24) is 14.6 Å². The van der Waals surface area contributed by atoms with E-state index in [0.717, 1.165) is 5.69 Å². The van der Waals surface area contributed by atoms with Crippen LogP contribution in [0, 0.1) is 11.8 Å². The van der Waals surface area contributed by atoms with Gasteiger partial charge < -0.3 is 14.9 Å². The van der Waals surface area contributed by atoms with Gasteiger partial charge in [-0.3, -0.25) is 14.6 Å². The van der Waals surface area contributed by atoms with Gasteiger partial charge >= 0.3 is 0 Å². The van der Waals surface area contributed by atoms with Crippen LogP contribution < -0.4 is 14.2 Å². The number of aromatic nitrogens is 2. The minimum Gasteiger partial charge on any atom is -0.503 e. The second-order valence-electron chi connectivity index (χ2n) is 10.3. The van der Waals surface area contributed by atoms with Gasteiger partial charge in [0.15, 0.2) is 11.9 Å². The van der Waals surface area contributed by atoms with Gasteiger partial charge in [-0.15, -0.1) is 0 Å². The Hall–Kier alpha value is -5.21. The third-order valence-corrected chi connectivity index (χ3v) is 8.33. The largest absolute Gasteiger partial charge is 0.503 e. The maximum absolute atomic E-state index is 13.2. The molecular formula is C33H32N5O5S+. The summed E-state index contributed by atoms with van der Waals surface area (Å²) in [5, 5.41) is 9.90. The minimum absolute atomic E-state index is 0.131. The van der Waals surface area contributed by atoms with Crippen molar-refractivity contribution in [2.24, 2.45) is 0 Å². The summed E-state index contributed by atoms with van der Waals surface area (Å²) in [6.07, 6.45) is 6.60. The van der Waals surface area contributed by atoms with Crippen LogP contribution in [0.5, 0.6) is 5.75 Å². The van der Waals surface area contributed by atoms with Gasteiger partial charge in [0.1, 0.15) is 6.54 Å². The van der Waals surface area contributed by atoms with Crippen LogP contribution in [0.2, 0.25) is 0 Å². The number of amides is 2. The van der Waals surface area contributed by atoms with E-state index in [2.05, 4.69) is 26.4 Å². The lowest BCUT2D eigenvalue weighted by Gasteiger charge is -2.36. The van der Waals surface area contributed by atoms with Crippen molar-refractivity contribution in [2.45, 2.75) is 19.2 Å². The van der Waals surface area contributed by atoms with Crippen molar-refractivity contribution in [3.8, 4) is 17.6 Å². The predicted octanol–water partition coefficient (Wildman–Crippen LogP) is 2.72. The second kappa shape index (κ2) is 13.4. The number of aromatic hydroxyl groups is 1. The zero-order valence-corrected chi connectivity index (χ0v) is 25.0. The number of rotatable bonds is 7. The Morgan fingerprint density at radius 1 is 0.909 bits per heavy atom. The highest BCUT2D eigenvalue weighted by molar-refractivity contribution is 7.89. The van der Waals surface area contributed by atoms with Crippen LogP contribution >= 0.6 is 0 Å². The summed E-state index contributed by atoms with van der Waals surface area (Å²) in [4.78, 5) is 33.9. The quantitative estimate of drug-likeness (QED) is 0.244. The van der Waals surface area contributed by atoms with Gasteiger partial charge in [-0.1, -0.05) is 42.2 Å². The van der Waals surface area contributed by atoms with Crippen molar-refractivity contribution in [3.63, 3.8) is 0 Å². The van der Waals surface area contributed by atoms with Crippen LogP contribution in [-0.4, -0.2) is 61.4 Å². The predicted molar refractivity (Wildman–Crippen MR) is 165 cm³/mol. The first kappa shape index (κ1) is 30.3. The summed E-state index contributed by atoms with van der Waals surface area (Å²) in [5.74, 6) is 5.07. The minimum atomic E-state index is -3.84. The molecule has 224 valence electrons. The fourth-order valence-corrected chi connectivity index (χ4v) is 5.95. The van der Waals surface area contributed by atoms with E-state index in [9.17, 15) is 23.1 Å². The number of hydrogen-bond acceptors (Lipinski definition) is 7. The summed E-state index contributed by atoms with van der Waals surface area (Å²) < 4.78 is 28.8. The molecule has 0 radical (unpaired) electrons. The highest BCUT2D eigenvalue weighted by Gasteiger charge is 2.23. The molecule has 2 aromatic carbocycles. The molecule has 11 heteroatoms. The number of aryl methyl sites for hydroxylation is 1. The number of sulfonamides is 1. The number of anilines is 1. The Morgan fingerprint density at radius 2 is 1.61 bits per heavy atom. The summed E-state index contributed by atoms with van der Waals surface area (Å²) in [5.41, 5.74) is 3.40. The van der Waals surface area contributed by atoms with Crippen molar-refractivity contribution < 1.29 is 27.7 Å². The first-order chi connectivity index (χ1) is 21.2. The Kier molecular flexibility index (Phi) is 9.21. The van der Waals surface area contributed by atoms with Gasteiger partial charge in [-0.25, -0.2) is 17.7 Å². The van der Waals surface area contributed by atoms with Crippen LogP contribution in [0.4, 0.5) is 5.69 Å². The van der Waals surface area contributed by atoms with E-state index in [-0.39, 0.29) is 23.0 Å². The Bertz CT molecular complexity index is 1830. The topological polar surface area (TPSA) is 124 Å². The number of pyridine rings is 2. The Balaban J connectivity index is 1.16. The highest BCUT2D eigenvalue weighted by atomic mass is 32.2. The van der Waals surface area contributed by atoms with Gasteiger partial charge in [0, 0.05) is 61.5 Å². The monoisotopic (exact) mass is 610 g/mol. The van der Waals surface area contributed by atoms with Crippen molar-refractivity contribution in [2.75, 3.05) is 31.1 Å². The Morgan fingerprint density at radius 3 is 2.32 bits per heavy atom. The third kappa shape index (κ3) is 7.79. The van der Waals surface area contributed by atoms with E-state index in [4.69, 9.17) is 0 Å². The average molecular weight is 611 g/mol. The van der Waals surface area contributed by atoms with E-state index >= 15 is 0 Å². The van der Waals surface area contributed by atoms with Crippen molar-refractivity contribution >= 4 is 27.5 Å². The highest BCUT2D eigenvalue weighted by Crippen LogP contribution is 2.19. The SMILES string of the molecule is CC[n+]1cc(O)cc(C#Cc2cncc(C(=O)N3CCN(c4ccc(C(=O)NS(=O)(=O)Cc5ccccc5)cc4)CC3)c2)c1. The smallest absolute Gasteiger partial charge is 0.264 e. The van der Waals surface area contributed by atoms with Crippen molar-refractivity contribution in [1.29, 1.82) is 0 Å². The van der Waals surface area contributed by atoms with E-state index in [1.807, 2.05) is 17.7 Å². The first-order valence-corrected chi connectivity index (χ1v) is 15.8. The van der Waals surface area contributed by atoms with Gasteiger partial charge in [-0.2, -0.15) is 0 Å². The molecule has 2 amide bonds. The molecule has 3 heterocycles. The molecule has 0 unspecified atom stereocenters. The van der Waals surface area contributed by atoms with Crippen molar-refractivity contribution in [3.05, 3.63) is 119 Å². The maximum Gasteiger partial charge on any atom is 0.264 e. The second-order valence-corrected chi connectivity index (χ2v) is 12.0. The van der Waals surface area contributed by atoms with Gasteiger partial charge in [0.2, 0.25) is 16.2 Å². The maximum atomic E-state index is 13.2. The molecule has 1 fully saturated rings. The number of piperazine rings is 1. The molecule has 2 aromatic heterocycles. The molecule has 0 saturated carbocycles. The molecule has 1 aliphatic rings. The van der Waals surface area contributed by atoms with E-state index in [1.54, 1.807) is 84.0 Å². The molecule has 4 aromatic rings. The standard InChI is InChI=1S/C33H31N5O5S/c1-2-36-22-27(19-31(39)23-36)9-8-26-18-29(21-34-20-26)33(41)38-16-14-37(15-17-38)30-12-10-28(11-13-30)32(40)35-44(42,43)24-25-6-4-3-5-7-25/h3-7,10-13,18-23H,2,14-17,24H2,1H3,(H-,35,39,40)/p+1. The summed E-state index contributed by atoms with van der Waals surface area (Å²) in [6, 6.07) is 18.7. The van der Waals surface area contributed by atoms with Crippen LogP contribution in [0.1, 0.15) is 44.3 Å². The van der Waals surface area contributed by atoms with Crippen LogP contribution in [0.3, 0.4) is 0 Å². The normalized spacial score (nSPS) is 13.1. The number of hydrogen-bond donors (Lipinski definition) is 2. The van der Waals surface area contributed by atoms with Gasteiger partial charge in [-0.05, 0) is 42.8 Å². The molecule has 1 saturated heterocycles. The number of nitrogens with zero attached hydrogens (tertiary/aromatic N) is 4. The van der Waals surface area contributed by atoms with Gasteiger partial charge in [0.25, 0.3) is 11.8 Å². The summed E-state index contributed by atoms with van der Waals surface area (Å²) in [6.45, 7) is 4.84. The third-order valence-electron chi connectivity index (χ3n) is 7.12. The number of nitrogens with one attached hydrogen (secondary N) is 1. The summed E-state index contributed by atoms with van der Waals surface area (Å²) >= 11 is 0. The molecule has 0 spiro atoms. The molecule has 0 atom stereocenters. The van der Waals surface area contributed by atoms with Crippen LogP contribution in [-0.2, 0) is 22.3 Å². The number of carbonyl (C=O) groups excluding carboxylic acids is 2. The van der Waals surface area contributed by atoms with E-state index in [0.29, 0.717) is 55.0 Å². The molecule has 5 rings (SSSR count). The fraction of sp³-hybridized carbons (Fsp3) is 0.212. The molecular weight excluding hydrogens is 578 g/mol. The lowest BCUT2D eigenvalue weighted by atomic mass is 10.1. The van der Waals surface area contributed by atoms with E-state index < -0.39 is 15.9 Å². The molecule has 44 heavy (non-hydrogen) atoms. The zero-order chi connectivity index (χ0) is 31.1. The zero-order valence-electron chi connectivity index (χ0n) is 24.2. The Labute approximate surface area is 256 Å². The van der Waals surface area contributed by atoms with Crippen LogP contribution in [0.15, 0.2) is 91.5 Å². The average Bonchev–Trinajstić information content (AvgIpc) is 3.03. The fourth-order valence-electron chi connectivity index (χ4n) is 4.84. The lowest BCUT2D eigenvalue weighted by Crippen LogP contribution is -2.48.